The maximum atomic E-state index is 10.8. The van der Waals surface area contributed by atoms with Gasteiger partial charge in [0.05, 0.1) is 6.26 Å². The van der Waals surface area contributed by atoms with Crippen molar-refractivity contribution in [3.05, 3.63) is 17.7 Å². The largest absolute Gasteiger partial charge is 0.507 e. The number of benzene rings is 1. The Bertz CT molecular complexity index is 558. The van der Waals surface area contributed by atoms with Crippen molar-refractivity contribution in [1.82, 2.24) is 10.0 Å². The summed E-state index contributed by atoms with van der Waals surface area (Å²) in [6.45, 7) is 1.32. The molecule has 0 radical (unpaired) electrons. The van der Waals surface area contributed by atoms with E-state index in [2.05, 4.69) is 10.0 Å². The molecule has 0 spiro atoms. The Hall–Kier alpha value is -1.51. The van der Waals surface area contributed by atoms with E-state index in [0.29, 0.717) is 36.7 Å². The highest BCUT2D eigenvalue weighted by Gasteiger charge is 2.16. The number of ether oxygens (including phenoxy) is 2. The van der Waals surface area contributed by atoms with Crippen molar-refractivity contribution >= 4 is 10.0 Å². The Morgan fingerprint density at radius 2 is 1.95 bits per heavy atom. The number of fused-ring (bicyclic) bond motifs is 1. The predicted octanol–water partition coefficient (Wildman–Crippen LogP) is -0.240. The normalized spacial score (nSPS) is 13.7. The van der Waals surface area contributed by atoms with E-state index in [0.717, 1.165) is 6.26 Å². The second-order valence-corrected chi connectivity index (χ2v) is 6.01. The average Bonchev–Trinajstić information content (AvgIpc) is 2.74. The zero-order chi connectivity index (χ0) is 13.9. The monoisotopic (exact) mass is 288 g/mol. The van der Waals surface area contributed by atoms with Crippen LogP contribution in [0.25, 0.3) is 0 Å². The van der Waals surface area contributed by atoms with E-state index in [9.17, 15) is 13.5 Å². The highest BCUT2D eigenvalue weighted by Crippen LogP contribution is 2.37. The SMILES string of the molecule is CS(=O)(=O)NCCNCc1cc2c(cc1O)OCO2. The van der Waals surface area contributed by atoms with E-state index in [-0.39, 0.29) is 12.5 Å². The van der Waals surface area contributed by atoms with Gasteiger partial charge in [0, 0.05) is 31.3 Å². The third-order valence-corrected chi connectivity index (χ3v) is 3.28. The number of rotatable bonds is 6. The van der Waals surface area contributed by atoms with Gasteiger partial charge in [-0.15, -0.1) is 0 Å². The Labute approximate surface area is 111 Å². The zero-order valence-corrected chi connectivity index (χ0v) is 11.3. The van der Waals surface area contributed by atoms with Gasteiger partial charge in [0.15, 0.2) is 11.5 Å². The maximum absolute atomic E-state index is 10.8. The van der Waals surface area contributed by atoms with Crippen LogP contribution in [-0.4, -0.2) is 39.7 Å². The van der Waals surface area contributed by atoms with Crippen molar-refractivity contribution in [1.29, 1.82) is 0 Å². The molecule has 106 valence electrons. The molecule has 0 saturated carbocycles. The summed E-state index contributed by atoms with van der Waals surface area (Å²) in [5.41, 5.74) is 0.670. The summed E-state index contributed by atoms with van der Waals surface area (Å²) in [6.07, 6.45) is 1.11. The Morgan fingerprint density at radius 3 is 2.63 bits per heavy atom. The molecule has 19 heavy (non-hydrogen) atoms. The van der Waals surface area contributed by atoms with Gasteiger partial charge in [-0.3, -0.25) is 0 Å². The maximum Gasteiger partial charge on any atom is 0.231 e. The van der Waals surface area contributed by atoms with Crippen molar-refractivity contribution in [3.63, 3.8) is 0 Å². The molecule has 0 saturated heterocycles. The van der Waals surface area contributed by atoms with E-state index in [1.165, 1.54) is 6.07 Å². The Morgan fingerprint density at radius 1 is 1.26 bits per heavy atom. The van der Waals surface area contributed by atoms with Gasteiger partial charge in [0.1, 0.15) is 5.75 Å². The first-order valence-electron chi connectivity index (χ1n) is 5.72. The molecule has 1 aromatic rings. The second kappa shape index (κ2) is 5.64. The predicted molar refractivity (Wildman–Crippen MR) is 68.8 cm³/mol. The average molecular weight is 288 g/mol. The molecule has 0 unspecified atom stereocenters. The van der Waals surface area contributed by atoms with Crippen molar-refractivity contribution in [3.8, 4) is 17.2 Å². The quantitative estimate of drug-likeness (QED) is 0.625. The Kier molecular flexibility index (Phi) is 4.13. The van der Waals surface area contributed by atoms with Gasteiger partial charge >= 0.3 is 0 Å². The van der Waals surface area contributed by atoms with Gasteiger partial charge in [-0.1, -0.05) is 0 Å². The van der Waals surface area contributed by atoms with Gasteiger partial charge < -0.3 is 19.9 Å². The van der Waals surface area contributed by atoms with Crippen molar-refractivity contribution in [2.45, 2.75) is 6.54 Å². The molecule has 0 bridgehead atoms. The minimum Gasteiger partial charge on any atom is -0.507 e. The molecule has 7 nitrogen and oxygen atoms in total. The van der Waals surface area contributed by atoms with E-state index >= 15 is 0 Å². The summed E-state index contributed by atoms with van der Waals surface area (Å²) in [6, 6.07) is 3.21. The molecule has 0 amide bonds. The molecule has 1 aliphatic rings. The number of aromatic hydroxyl groups is 1. The third kappa shape index (κ3) is 3.98. The van der Waals surface area contributed by atoms with Gasteiger partial charge in [0.2, 0.25) is 16.8 Å². The standard InChI is InChI=1S/C11H16N2O5S/c1-19(15,16)13-3-2-12-6-8-4-10-11(5-9(8)14)18-7-17-10/h4-5,12-14H,2-3,6-7H2,1H3. The van der Waals surface area contributed by atoms with Crippen molar-refractivity contribution in [2.24, 2.45) is 0 Å². The van der Waals surface area contributed by atoms with Gasteiger partial charge in [-0.2, -0.15) is 0 Å². The number of hydrogen-bond donors (Lipinski definition) is 3. The molecular formula is C11H16N2O5S. The molecule has 0 fully saturated rings. The fourth-order valence-electron chi connectivity index (χ4n) is 1.66. The van der Waals surface area contributed by atoms with E-state index in [1.54, 1.807) is 6.07 Å². The van der Waals surface area contributed by atoms with Crippen LogP contribution in [0, 0.1) is 0 Å². The molecule has 1 aliphatic heterocycles. The first kappa shape index (κ1) is 13.9. The number of nitrogens with one attached hydrogen (secondary N) is 2. The molecule has 0 aromatic heterocycles. The lowest BCUT2D eigenvalue weighted by molar-refractivity contribution is 0.174. The highest BCUT2D eigenvalue weighted by atomic mass is 32.2. The van der Waals surface area contributed by atoms with Crippen LogP contribution in [0.4, 0.5) is 0 Å². The molecule has 8 heteroatoms. The fraction of sp³-hybridized carbons (Fsp3) is 0.455. The lowest BCUT2D eigenvalue weighted by Crippen LogP contribution is -2.30. The van der Waals surface area contributed by atoms with Crippen LogP contribution in [0.5, 0.6) is 17.2 Å². The summed E-state index contributed by atoms with van der Waals surface area (Å²) in [5, 5.41) is 12.8. The van der Waals surface area contributed by atoms with Gasteiger partial charge in [-0.05, 0) is 6.07 Å². The van der Waals surface area contributed by atoms with Crippen LogP contribution in [-0.2, 0) is 16.6 Å². The number of sulfonamides is 1. The number of phenolic OH excluding ortho intramolecular Hbond substituents is 1. The smallest absolute Gasteiger partial charge is 0.231 e. The molecule has 2 rings (SSSR count). The molecule has 1 heterocycles. The van der Waals surface area contributed by atoms with Gasteiger partial charge in [-0.25, -0.2) is 13.1 Å². The minimum absolute atomic E-state index is 0.118. The van der Waals surface area contributed by atoms with E-state index in [4.69, 9.17) is 9.47 Å². The lowest BCUT2D eigenvalue weighted by Gasteiger charge is -2.08. The fourth-order valence-corrected chi connectivity index (χ4v) is 2.14. The molecule has 3 N–H and O–H groups in total. The summed E-state index contributed by atoms with van der Waals surface area (Å²) < 4.78 is 34.4. The summed E-state index contributed by atoms with van der Waals surface area (Å²) in [7, 11) is -3.16. The molecule has 0 aliphatic carbocycles. The van der Waals surface area contributed by atoms with Crippen LogP contribution in [0.2, 0.25) is 0 Å². The third-order valence-electron chi connectivity index (χ3n) is 2.56. The van der Waals surface area contributed by atoms with Crippen LogP contribution in [0.1, 0.15) is 5.56 Å². The van der Waals surface area contributed by atoms with E-state index < -0.39 is 10.0 Å². The topological polar surface area (TPSA) is 96.9 Å². The van der Waals surface area contributed by atoms with Crippen molar-refractivity contribution in [2.75, 3.05) is 26.1 Å². The van der Waals surface area contributed by atoms with Crippen LogP contribution in [0.3, 0.4) is 0 Å². The number of phenols is 1. The first-order chi connectivity index (χ1) is 8.96. The van der Waals surface area contributed by atoms with Crippen LogP contribution in [0.15, 0.2) is 12.1 Å². The first-order valence-corrected chi connectivity index (χ1v) is 7.62. The summed E-state index contributed by atoms with van der Waals surface area (Å²) in [4.78, 5) is 0. The second-order valence-electron chi connectivity index (χ2n) is 4.18. The molecule has 0 atom stereocenters. The van der Waals surface area contributed by atoms with Crippen LogP contribution < -0.4 is 19.5 Å². The highest BCUT2D eigenvalue weighted by molar-refractivity contribution is 7.88. The molecular weight excluding hydrogens is 272 g/mol. The molecule has 1 aromatic carbocycles. The Balaban J connectivity index is 1.83. The zero-order valence-electron chi connectivity index (χ0n) is 10.5. The summed E-state index contributed by atoms with van der Waals surface area (Å²) >= 11 is 0. The minimum atomic E-state index is -3.16. The lowest BCUT2D eigenvalue weighted by atomic mass is 10.1. The van der Waals surface area contributed by atoms with Crippen LogP contribution >= 0.6 is 0 Å². The van der Waals surface area contributed by atoms with Gasteiger partial charge in [0.25, 0.3) is 0 Å². The summed E-state index contributed by atoms with van der Waals surface area (Å²) in [5.74, 6) is 1.25. The number of hydrogen-bond acceptors (Lipinski definition) is 6. The van der Waals surface area contributed by atoms with Crippen molar-refractivity contribution < 1.29 is 23.0 Å². The van der Waals surface area contributed by atoms with E-state index in [1.807, 2.05) is 0 Å².